The summed E-state index contributed by atoms with van der Waals surface area (Å²) in [5, 5.41) is 32.3. The van der Waals surface area contributed by atoms with Gasteiger partial charge in [0.05, 0.1) is 56.2 Å². The highest BCUT2D eigenvalue weighted by molar-refractivity contribution is 9.10. The van der Waals surface area contributed by atoms with Crippen LogP contribution in [0.15, 0.2) is 263 Å². The number of likely N-dealkylation sites (N-methyl/N-ethyl adjacent to an activating group) is 2. The van der Waals surface area contributed by atoms with Crippen molar-refractivity contribution < 1.29 is 75.3 Å². The summed E-state index contributed by atoms with van der Waals surface area (Å²) in [5.41, 5.74) is 5.84. The number of phenols is 1. The van der Waals surface area contributed by atoms with Crippen LogP contribution in [0.4, 0.5) is 22.0 Å². The Kier molecular flexibility index (Phi) is 33.9. The summed E-state index contributed by atoms with van der Waals surface area (Å²) < 4.78 is 105. The summed E-state index contributed by atoms with van der Waals surface area (Å²) in [6.45, 7) is 14.3. The number of fused-ring (bicyclic) bond motifs is 8. The number of rotatable bonds is 17. The number of phenolic OH excluding ortho intramolecular Hbond substituents is 1. The molecule has 0 amide bonds. The van der Waals surface area contributed by atoms with Gasteiger partial charge in [0.25, 0.3) is 0 Å². The summed E-state index contributed by atoms with van der Waals surface area (Å²) in [5.74, 6) is 0.980. The van der Waals surface area contributed by atoms with Gasteiger partial charge in [-0.1, -0.05) is 42.1 Å². The predicted molar refractivity (Wildman–Crippen MR) is 525 cm³/mol. The highest BCUT2D eigenvalue weighted by Gasteiger charge is 2.20. The second-order valence-electron chi connectivity index (χ2n) is 30.1. The lowest BCUT2D eigenvalue weighted by Crippen LogP contribution is -2.19. The molecule has 0 aliphatic carbocycles. The van der Waals surface area contributed by atoms with Crippen LogP contribution in [0.5, 0.6) is 46.0 Å². The fourth-order valence-electron chi connectivity index (χ4n) is 13.1. The number of halogens is 6. The van der Waals surface area contributed by atoms with Crippen molar-refractivity contribution in [3.63, 3.8) is 0 Å². The van der Waals surface area contributed by atoms with Crippen molar-refractivity contribution in [2.45, 2.75) is 56.2 Å². The Morgan fingerprint density at radius 1 is 0.377 bits per heavy atom. The molecule has 17 aromatic rings. The lowest BCUT2D eigenvalue weighted by atomic mass is 10.1. The van der Waals surface area contributed by atoms with E-state index in [9.17, 15) is 55.8 Å². The Balaban J connectivity index is 0.000000150. The van der Waals surface area contributed by atoms with Crippen molar-refractivity contribution in [2.75, 3.05) is 75.8 Å². The number of hydrogen-bond donors (Lipinski definition) is 4. The lowest BCUT2D eigenvalue weighted by molar-refractivity contribution is 0.0683. The third-order valence-corrected chi connectivity index (χ3v) is 26.3. The fourth-order valence-corrected chi connectivity index (χ4v) is 19.4. The van der Waals surface area contributed by atoms with E-state index in [2.05, 4.69) is 33.5 Å². The summed E-state index contributed by atoms with van der Waals surface area (Å²) in [6.07, 6.45) is 0. The van der Waals surface area contributed by atoms with E-state index in [1.807, 2.05) is 196 Å². The molecular weight excluding hydrogens is 1850 g/mol. The van der Waals surface area contributed by atoms with E-state index in [-0.39, 0.29) is 60.5 Å². The van der Waals surface area contributed by atoms with Gasteiger partial charge in [-0.15, -0.1) is 58.0 Å². The molecule has 0 saturated heterocycles. The molecule has 0 aliphatic rings. The molecule has 4 heterocycles. The molecule has 0 unspecified atom stereocenters. The average Bonchev–Trinajstić information content (AvgIpc) is 0.744. The third-order valence-electron chi connectivity index (χ3n) is 19.4. The van der Waals surface area contributed by atoms with Gasteiger partial charge in [-0.2, -0.15) is 0 Å². The van der Waals surface area contributed by atoms with E-state index in [0.29, 0.717) is 103 Å². The Hall–Kier alpha value is -12.3. The first-order valence-corrected chi connectivity index (χ1v) is 45.2. The van der Waals surface area contributed by atoms with E-state index in [1.54, 1.807) is 50.9 Å². The number of aromatic hydroxyl groups is 1. The molecular formula is C101H88BrF5N2O15S6. The van der Waals surface area contributed by atoms with Crippen LogP contribution >= 0.6 is 85.7 Å². The summed E-state index contributed by atoms with van der Waals surface area (Å²) >= 11 is 13.9. The number of carbonyl (C=O) groups is 2. The van der Waals surface area contributed by atoms with Gasteiger partial charge in [0.1, 0.15) is 88.3 Å². The SMILES string of the molecule is COc1cc(C)cc2c(=O)c3ccc(F)cc3sc12.COc1cc(C)ccc1S.COc1cc(C)ccc1Sc1cc(F)ccc1C(=O)O.Cc1cc(O)c2sc3cc(F)ccc3c(=O)c2c1.Cc1cc(OCCN(C)C)c2sc3cc(F)ccc3c(=O)c2c1.Cc1cc(OCCN(C)C)c2sc3cc(Oc4ccccc4)ccc3c(=O)c2c1.O=C(O)c1ccc(F)cc1Br. The first kappa shape index (κ1) is 98.3. The minimum absolute atomic E-state index is 0.0289. The maximum absolute atomic E-state index is 13.5. The van der Waals surface area contributed by atoms with E-state index in [4.69, 9.17) is 38.6 Å². The molecule has 670 valence electrons. The quantitative estimate of drug-likeness (QED) is 0.0378. The highest BCUT2D eigenvalue weighted by Crippen LogP contribution is 2.41. The number of para-hydroxylation sites is 1. The number of thiol groups is 1. The van der Waals surface area contributed by atoms with Gasteiger partial charge in [0, 0.05) is 89.2 Å². The molecule has 0 bridgehead atoms. The maximum Gasteiger partial charge on any atom is 0.336 e. The van der Waals surface area contributed by atoms with Crippen molar-refractivity contribution in [1.29, 1.82) is 0 Å². The smallest absolute Gasteiger partial charge is 0.336 e. The van der Waals surface area contributed by atoms with Crippen molar-refractivity contribution in [2.24, 2.45) is 0 Å². The summed E-state index contributed by atoms with van der Waals surface area (Å²) in [7, 11) is 12.7. The maximum atomic E-state index is 13.5. The van der Waals surface area contributed by atoms with Gasteiger partial charge in [-0.25, -0.2) is 31.5 Å². The van der Waals surface area contributed by atoms with E-state index >= 15 is 0 Å². The number of benzene rings is 13. The van der Waals surface area contributed by atoms with Crippen LogP contribution in [0.3, 0.4) is 0 Å². The Morgan fingerprint density at radius 2 is 0.746 bits per heavy atom. The van der Waals surface area contributed by atoms with Gasteiger partial charge in [0.2, 0.25) is 0 Å². The van der Waals surface area contributed by atoms with Crippen LogP contribution in [0.25, 0.3) is 80.7 Å². The normalized spacial score (nSPS) is 10.9. The monoisotopic (exact) mass is 1930 g/mol. The van der Waals surface area contributed by atoms with Crippen LogP contribution in [0.2, 0.25) is 0 Å². The first-order valence-electron chi connectivity index (χ1n) is 39.9. The zero-order valence-electron chi connectivity index (χ0n) is 72.6. The average molecular weight is 1940 g/mol. The van der Waals surface area contributed by atoms with Gasteiger partial charge < -0.3 is 53.5 Å². The molecule has 0 saturated carbocycles. The summed E-state index contributed by atoms with van der Waals surface area (Å²) in [6, 6.07) is 61.2. The standard InChI is InChI=1S/C24H23NO3S.C18H18FNO2S.C15H13FO3S.C15H11FO2S.C14H9FO2S.C8H10OS.C7H4BrFO2/c1-16-13-20-23(26)19-10-9-18(28-17-7-5-4-6-8-17)15-22(19)29-24(20)21(14-16)27-12-11-25(2)3;1-11-8-14-17(21)13-5-4-12(19)10-16(13)23-18(14)15(9-11)22-7-6-20(2)3;1-9-3-6-13(12(7-9)19-2)20-14-8-10(16)4-5-11(14)15(17)18;1-8-5-11-14(17)10-4-3-9(16)7-13(10)19-15(11)12(6-8)18-2;1-7-4-10-13(17)9-3-2-8(15)6-12(9)18-14(10)11(16)5-7;1-6-3-4-8(10)7(5-6)9-2;8-6-3-4(9)1-2-5(6)7(10)11/h4-10,13-15H,11-12H2,1-3H3;4-5,8-10H,6-7H2,1-3H3;3-8H,1-2H3,(H,17,18);3-7H,1-2H3;2-6,16H,1H3;3-5,10H,1-2H3;1-3H,(H,10,11). The number of carboxylic acids is 2. The molecule has 29 heteroatoms. The molecule has 0 fully saturated rings. The van der Waals surface area contributed by atoms with E-state index in [1.165, 1.54) is 118 Å². The Bertz CT molecular complexity index is 7360. The zero-order chi connectivity index (χ0) is 94.1. The number of aryl methyl sites for hydroxylation is 6. The van der Waals surface area contributed by atoms with Crippen LogP contribution < -0.4 is 50.1 Å². The van der Waals surface area contributed by atoms with Crippen molar-refractivity contribution in [3.05, 3.63) is 343 Å². The molecule has 17 nitrogen and oxygen atoms in total. The highest BCUT2D eigenvalue weighted by atomic mass is 79.9. The summed E-state index contributed by atoms with van der Waals surface area (Å²) in [4.78, 5) is 78.2. The molecule has 3 N–H and O–H groups in total. The van der Waals surface area contributed by atoms with Crippen LogP contribution in [0, 0.1) is 70.6 Å². The van der Waals surface area contributed by atoms with Crippen LogP contribution in [-0.2, 0) is 0 Å². The molecule has 4 aromatic heterocycles. The second kappa shape index (κ2) is 44.8. The molecule has 0 spiro atoms. The van der Waals surface area contributed by atoms with Crippen molar-refractivity contribution >= 4 is 178 Å². The van der Waals surface area contributed by atoms with Crippen molar-refractivity contribution in [1.82, 2.24) is 9.80 Å². The molecule has 0 aliphatic heterocycles. The van der Waals surface area contributed by atoms with Crippen LogP contribution in [-0.4, -0.2) is 113 Å². The lowest BCUT2D eigenvalue weighted by Gasteiger charge is -2.14. The zero-order valence-corrected chi connectivity index (χ0v) is 79.1. The minimum Gasteiger partial charge on any atom is -0.506 e. The fraction of sp³-hybridized carbons (Fsp3) is 0.168. The Morgan fingerprint density at radius 3 is 1.18 bits per heavy atom. The number of aromatic carboxylic acids is 2. The molecule has 130 heavy (non-hydrogen) atoms. The Labute approximate surface area is 778 Å². The van der Waals surface area contributed by atoms with Gasteiger partial charge in [-0.05, 0) is 313 Å². The number of carboxylic acid groups (broad SMARTS) is 2. The topological polar surface area (TPSA) is 225 Å². The van der Waals surface area contributed by atoms with E-state index < -0.39 is 23.6 Å². The predicted octanol–water partition coefficient (Wildman–Crippen LogP) is 25.3. The number of ether oxygens (including phenoxy) is 6. The molecule has 17 rings (SSSR count). The molecule has 0 atom stereocenters. The van der Waals surface area contributed by atoms with E-state index in [0.717, 1.165) is 105 Å². The number of hydrogen-bond acceptors (Lipinski definition) is 21. The largest absolute Gasteiger partial charge is 0.506 e. The molecule has 13 aromatic carbocycles. The van der Waals surface area contributed by atoms with Gasteiger partial charge in [0.15, 0.2) is 21.7 Å². The van der Waals surface area contributed by atoms with Gasteiger partial charge >= 0.3 is 11.9 Å². The first-order chi connectivity index (χ1) is 62.0. The number of nitrogens with zero attached hydrogens (tertiary/aromatic N) is 2. The third kappa shape index (κ3) is 25.2. The van der Waals surface area contributed by atoms with Gasteiger partial charge in [-0.3, -0.25) is 19.2 Å². The van der Waals surface area contributed by atoms with Crippen LogP contribution in [0.1, 0.15) is 54.1 Å². The van der Waals surface area contributed by atoms with Crippen molar-refractivity contribution in [3.8, 4) is 46.0 Å². The minimum atomic E-state index is -1.08. The number of methoxy groups -OCH3 is 3. The molecule has 0 radical (unpaired) electrons. The second-order valence-corrected chi connectivity index (χ2v) is 36.7.